The van der Waals surface area contributed by atoms with Gasteiger partial charge in [0.05, 0.1) is 6.54 Å². The molecule has 0 aromatic heterocycles. The zero-order valence-corrected chi connectivity index (χ0v) is 14.1. The van der Waals surface area contributed by atoms with Gasteiger partial charge < -0.3 is 5.11 Å². The van der Waals surface area contributed by atoms with E-state index in [1.165, 1.54) is 30.7 Å². The van der Waals surface area contributed by atoms with Crippen LogP contribution in [-0.4, -0.2) is 33.5 Å². The summed E-state index contributed by atoms with van der Waals surface area (Å²) >= 11 is 0. The van der Waals surface area contributed by atoms with E-state index in [4.69, 9.17) is 0 Å². The van der Waals surface area contributed by atoms with Crippen LogP contribution < -0.4 is 0 Å². The molecule has 0 unspecified atom stereocenters. The van der Waals surface area contributed by atoms with Gasteiger partial charge in [-0.25, -0.2) is 4.90 Å². The molecule has 0 radical (unpaired) electrons. The summed E-state index contributed by atoms with van der Waals surface area (Å²) in [5, 5.41) is 11.7. The van der Waals surface area contributed by atoms with Crippen molar-refractivity contribution >= 4 is 5.84 Å². The van der Waals surface area contributed by atoms with Crippen LogP contribution in [0.4, 0.5) is 0 Å². The lowest BCUT2D eigenvalue weighted by Crippen LogP contribution is -2.46. The van der Waals surface area contributed by atoms with E-state index in [1.807, 2.05) is 36.4 Å². The summed E-state index contributed by atoms with van der Waals surface area (Å²) in [6.07, 6.45) is 4.76. The Morgan fingerprint density at radius 1 is 0.917 bits per heavy atom. The van der Waals surface area contributed by atoms with Gasteiger partial charge in [0.2, 0.25) is 5.84 Å². The highest BCUT2D eigenvalue weighted by Gasteiger charge is 2.52. The highest BCUT2D eigenvalue weighted by atomic mass is 16.3. The Morgan fingerprint density at radius 3 is 2.38 bits per heavy atom. The van der Waals surface area contributed by atoms with E-state index in [0.717, 1.165) is 25.1 Å². The zero-order chi connectivity index (χ0) is 16.4. The third-order valence-electron chi connectivity index (χ3n) is 5.28. The first kappa shape index (κ1) is 15.4. The van der Waals surface area contributed by atoms with Crippen LogP contribution in [-0.2, 0) is 12.3 Å². The topological polar surface area (TPSA) is 26.5 Å². The van der Waals surface area contributed by atoms with E-state index in [0.29, 0.717) is 6.54 Å². The van der Waals surface area contributed by atoms with Gasteiger partial charge in [0, 0.05) is 12.0 Å². The minimum Gasteiger partial charge on any atom is -0.346 e. The minimum absolute atomic E-state index is 0.666. The maximum Gasteiger partial charge on any atom is 0.270 e. The van der Waals surface area contributed by atoms with Crippen LogP contribution >= 0.6 is 0 Å². The highest BCUT2D eigenvalue weighted by molar-refractivity contribution is 5.79. The van der Waals surface area contributed by atoms with E-state index in [-0.39, 0.29) is 0 Å². The first-order valence-electron chi connectivity index (χ1n) is 8.98. The van der Waals surface area contributed by atoms with Crippen molar-refractivity contribution in [3.63, 3.8) is 0 Å². The number of amidine groups is 1. The van der Waals surface area contributed by atoms with E-state index < -0.39 is 5.72 Å². The number of nitrogens with zero attached hydrogens (tertiary/aromatic N) is 2. The van der Waals surface area contributed by atoms with Crippen molar-refractivity contribution in [2.24, 2.45) is 0 Å². The van der Waals surface area contributed by atoms with Crippen LogP contribution in [0.5, 0.6) is 0 Å². The molecule has 0 fully saturated rings. The van der Waals surface area contributed by atoms with Gasteiger partial charge in [0.25, 0.3) is 5.72 Å². The Kier molecular flexibility index (Phi) is 4.11. The van der Waals surface area contributed by atoms with Crippen LogP contribution in [0.2, 0.25) is 0 Å². The number of hydrogen-bond donors (Lipinski definition) is 1. The second-order valence-corrected chi connectivity index (χ2v) is 6.90. The van der Waals surface area contributed by atoms with Crippen molar-refractivity contribution < 1.29 is 9.68 Å². The van der Waals surface area contributed by atoms with Gasteiger partial charge in [-0.2, -0.15) is 0 Å². The quantitative estimate of drug-likeness (QED) is 0.878. The lowest BCUT2D eigenvalue weighted by Gasteiger charge is -2.29. The summed E-state index contributed by atoms with van der Waals surface area (Å²) in [4.78, 5) is 2.24. The van der Waals surface area contributed by atoms with Gasteiger partial charge in [-0.05, 0) is 24.8 Å². The highest BCUT2D eigenvalue weighted by Crippen LogP contribution is 2.34. The fraction of sp³-hybridized carbons (Fsp3) is 0.381. The van der Waals surface area contributed by atoms with Crippen LogP contribution in [0.3, 0.4) is 0 Å². The molecule has 0 bridgehead atoms. The van der Waals surface area contributed by atoms with Crippen LogP contribution in [0, 0.1) is 0 Å². The third kappa shape index (κ3) is 2.73. The zero-order valence-electron chi connectivity index (χ0n) is 14.1. The number of aliphatic hydroxyl groups is 1. The molecule has 4 rings (SSSR count). The maximum absolute atomic E-state index is 11.7. The first-order chi connectivity index (χ1) is 11.8. The van der Waals surface area contributed by atoms with Gasteiger partial charge in [-0.15, -0.1) is 0 Å². The molecule has 2 heterocycles. The predicted molar refractivity (Wildman–Crippen MR) is 95.8 cm³/mol. The van der Waals surface area contributed by atoms with Crippen LogP contribution in [0.25, 0.3) is 0 Å². The lowest BCUT2D eigenvalue weighted by atomic mass is 10.00. The second kappa shape index (κ2) is 6.40. The summed E-state index contributed by atoms with van der Waals surface area (Å²) in [5.41, 5.74) is 1.29. The Hall–Kier alpha value is -2.13. The van der Waals surface area contributed by atoms with E-state index in [2.05, 4.69) is 33.7 Å². The minimum atomic E-state index is -0.941. The predicted octanol–water partition coefficient (Wildman–Crippen LogP) is 3.33. The fourth-order valence-corrected chi connectivity index (χ4v) is 4.03. The lowest BCUT2D eigenvalue weighted by molar-refractivity contribution is -0.534. The monoisotopic (exact) mass is 321 g/mol. The smallest absolute Gasteiger partial charge is 0.270 e. The molecule has 2 aromatic rings. The summed E-state index contributed by atoms with van der Waals surface area (Å²) < 4.78 is 2.41. The molecule has 2 aliphatic rings. The largest absolute Gasteiger partial charge is 0.346 e. The van der Waals surface area contributed by atoms with Crippen molar-refractivity contribution in [2.75, 3.05) is 13.1 Å². The van der Waals surface area contributed by atoms with E-state index in [1.54, 1.807) is 0 Å². The Morgan fingerprint density at radius 2 is 1.62 bits per heavy atom. The molecule has 24 heavy (non-hydrogen) atoms. The molecular weight excluding hydrogens is 296 g/mol. The van der Waals surface area contributed by atoms with Crippen molar-refractivity contribution in [3.8, 4) is 0 Å². The third-order valence-corrected chi connectivity index (χ3v) is 5.28. The van der Waals surface area contributed by atoms with Crippen molar-refractivity contribution in [1.29, 1.82) is 0 Å². The number of benzene rings is 2. The van der Waals surface area contributed by atoms with Gasteiger partial charge in [-0.3, -0.25) is 4.58 Å². The van der Waals surface area contributed by atoms with Gasteiger partial charge in [0.15, 0.2) is 6.54 Å². The summed E-state index contributed by atoms with van der Waals surface area (Å²) in [6.45, 7) is 2.47. The molecule has 1 atom stereocenters. The average Bonchev–Trinajstić information content (AvgIpc) is 2.77. The second-order valence-electron chi connectivity index (χ2n) is 6.90. The molecule has 3 heteroatoms. The molecule has 0 amide bonds. The van der Waals surface area contributed by atoms with Crippen LogP contribution in [0.15, 0.2) is 60.7 Å². The molecule has 0 spiro atoms. The van der Waals surface area contributed by atoms with Crippen molar-refractivity contribution in [1.82, 2.24) is 4.90 Å². The molecule has 0 saturated carbocycles. The van der Waals surface area contributed by atoms with E-state index in [9.17, 15) is 5.11 Å². The number of hydrogen-bond acceptors (Lipinski definition) is 2. The summed E-state index contributed by atoms with van der Waals surface area (Å²) in [5.74, 6) is 1.31. The Bertz CT molecular complexity index is 726. The van der Waals surface area contributed by atoms with Crippen molar-refractivity contribution in [2.45, 2.75) is 38.0 Å². The van der Waals surface area contributed by atoms with Crippen LogP contribution in [0.1, 0.15) is 36.8 Å². The Labute approximate surface area is 143 Å². The molecule has 0 aliphatic carbocycles. The first-order valence-corrected chi connectivity index (χ1v) is 8.98. The van der Waals surface area contributed by atoms with Gasteiger partial charge in [0.1, 0.15) is 6.54 Å². The standard InChI is InChI=1S/C21H25N2O/c24-21(19-12-6-2-7-13-19)17-22-15-9-3-8-14-20(22)23(21)16-18-10-4-1-5-11-18/h1-2,4-7,10-13,24H,3,8-9,14-17H2/q+1/t21-/m1/s1. The number of rotatable bonds is 3. The molecule has 3 nitrogen and oxygen atoms in total. The SMILES string of the molecule is O[C@@]1(c2ccccc2)C[N+]2=C(CCCCC2)N1Cc1ccccc1. The molecular formula is C21H25N2O+. The van der Waals surface area contributed by atoms with Crippen molar-refractivity contribution in [3.05, 3.63) is 71.8 Å². The summed E-state index contributed by atoms with van der Waals surface area (Å²) in [7, 11) is 0. The van der Waals surface area contributed by atoms with E-state index >= 15 is 0 Å². The Balaban J connectivity index is 1.74. The summed E-state index contributed by atoms with van der Waals surface area (Å²) in [6, 6.07) is 20.6. The van der Waals surface area contributed by atoms with Gasteiger partial charge >= 0.3 is 0 Å². The average molecular weight is 321 g/mol. The molecule has 124 valence electrons. The molecule has 0 saturated heterocycles. The molecule has 2 aliphatic heterocycles. The molecule has 1 N–H and O–H groups in total. The molecule has 2 aromatic carbocycles. The maximum atomic E-state index is 11.7. The fourth-order valence-electron chi connectivity index (χ4n) is 4.03. The van der Waals surface area contributed by atoms with Gasteiger partial charge in [-0.1, -0.05) is 60.7 Å². The normalized spacial score (nSPS) is 24.0.